The highest BCUT2D eigenvalue weighted by atomic mass is 32.1. The standard InChI is InChI=1S/C25H25N3O4S/c1-3-30-21-13-11-19(12-14-21)24(29)32-22-15-10-18(16-23(22)31-4-2)17-26-28-25(33)27-20-8-6-5-7-9-20/h5-17H,3-4H2,1-2H3,(H2,27,28,33)/b26-17+. The molecule has 0 fully saturated rings. The molecule has 0 aliphatic heterocycles. The lowest BCUT2D eigenvalue weighted by Gasteiger charge is -2.12. The molecule has 0 saturated carbocycles. The highest BCUT2D eigenvalue weighted by Crippen LogP contribution is 2.29. The van der Waals surface area contributed by atoms with Crippen LogP contribution in [-0.2, 0) is 0 Å². The summed E-state index contributed by atoms with van der Waals surface area (Å²) in [5, 5.41) is 7.54. The van der Waals surface area contributed by atoms with E-state index in [2.05, 4.69) is 15.8 Å². The Labute approximate surface area is 198 Å². The van der Waals surface area contributed by atoms with Crippen LogP contribution in [0.15, 0.2) is 77.9 Å². The maximum atomic E-state index is 12.5. The summed E-state index contributed by atoms with van der Waals surface area (Å²) in [5.74, 6) is 0.965. The summed E-state index contributed by atoms with van der Waals surface area (Å²) < 4.78 is 16.6. The van der Waals surface area contributed by atoms with Crippen molar-refractivity contribution in [1.82, 2.24) is 5.43 Å². The van der Waals surface area contributed by atoms with E-state index in [0.29, 0.717) is 41.1 Å². The van der Waals surface area contributed by atoms with Crippen molar-refractivity contribution in [3.63, 3.8) is 0 Å². The van der Waals surface area contributed by atoms with Crippen molar-refractivity contribution in [3.8, 4) is 17.2 Å². The molecule has 33 heavy (non-hydrogen) atoms. The lowest BCUT2D eigenvalue weighted by molar-refractivity contribution is 0.0728. The molecule has 0 unspecified atom stereocenters. The van der Waals surface area contributed by atoms with Crippen LogP contribution in [0, 0.1) is 0 Å². The van der Waals surface area contributed by atoms with Gasteiger partial charge in [-0.3, -0.25) is 5.43 Å². The number of rotatable bonds is 9. The van der Waals surface area contributed by atoms with Crippen molar-refractivity contribution in [3.05, 3.63) is 83.9 Å². The number of benzene rings is 3. The second-order valence-corrected chi connectivity index (χ2v) is 7.08. The van der Waals surface area contributed by atoms with Gasteiger partial charge in [-0.15, -0.1) is 0 Å². The van der Waals surface area contributed by atoms with Crippen molar-refractivity contribution in [1.29, 1.82) is 0 Å². The van der Waals surface area contributed by atoms with Crippen LogP contribution >= 0.6 is 12.2 Å². The number of nitrogens with zero attached hydrogens (tertiary/aromatic N) is 1. The lowest BCUT2D eigenvalue weighted by Crippen LogP contribution is -2.23. The molecule has 0 spiro atoms. The van der Waals surface area contributed by atoms with Gasteiger partial charge in [-0.1, -0.05) is 18.2 Å². The highest BCUT2D eigenvalue weighted by Gasteiger charge is 2.13. The Hall–Kier alpha value is -3.91. The van der Waals surface area contributed by atoms with E-state index in [0.717, 1.165) is 11.3 Å². The molecule has 0 bridgehead atoms. The van der Waals surface area contributed by atoms with Gasteiger partial charge in [0.2, 0.25) is 0 Å². The Morgan fingerprint density at radius 2 is 1.67 bits per heavy atom. The second-order valence-electron chi connectivity index (χ2n) is 6.68. The van der Waals surface area contributed by atoms with Crippen LogP contribution < -0.4 is 25.0 Å². The van der Waals surface area contributed by atoms with E-state index in [4.69, 9.17) is 26.4 Å². The van der Waals surface area contributed by atoms with Crippen LogP contribution in [-0.4, -0.2) is 30.5 Å². The Morgan fingerprint density at radius 1 is 0.939 bits per heavy atom. The average molecular weight is 464 g/mol. The Bertz CT molecular complexity index is 1100. The highest BCUT2D eigenvalue weighted by molar-refractivity contribution is 7.80. The minimum absolute atomic E-state index is 0.321. The number of esters is 1. The van der Waals surface area contributed by atoms with E-state index in [-0.39, 0.29) is 0 Å². The molecule has 0 amide bonds. The summed E-state index contributed by atoms with van der Waals surface area (Å²) in [7, 11) is 0. The molecule has 0 atom stereocenters. The third-order valence-corrected chi connectivity index (χ3v) is 4.48. The molecule has 0 radical (unpaired) electrons. The van der Waals surface area contributed by atoms with Crippen molar-refractivity contribution in [2.75, 3.05) is 18.5 Å². The van der Waals surface area contributed by atoms with Gasteiger partial charge in [0.05, 0.1) is 25.0 Å². The summed E-state index contributed by atoms with van der Waals surface area (Å²) in [6, 6.07) is 21.5. The smallest absolute Gasteiger partial charge is 0.343 e. The van der Waals surface area contributed by atoms with Crippen LogP contribution in [0.5, 0.6) is 17.2 Å². The van der Waals surface area contributed by atoms with E-state index in [1.54, 1.807) is 48.7 Å². The van der Waals surface area contributed by atoms with Gasteiger partial charge in [-0.2, -0.15) is 5.10 Å². The average Bonchev–Trinajstić information content (AvgIpc) is 2.82. The Kier molecular flexibility index (Phi) is 8.79. The molecule has 3 aromatic carbocycles. The van der Waals surface area contributed by atoms with E-state index < -0.39 is 5.97 Å². The summed E-state index contributed by atoms with van der Waals surface area (Å²) >= 11 is 5.23. The number of carbonyl (C=O) groups excluding carboxylic acids is 1. The molecule has 3 rings (SSSR count). The van der Waals surface area contributed by atoms with Crippen LogP contribution in [0.1, 0.15) is 29.8 Å². The fraction of sp³-hybridized carbons (Fsp3) is 0.160. The van der Waals surface area contributed by atoms with Gasteiger partial charge in [0.25, 0.3) is 0 Å². The molecular weight excluding hydrogens is 438 g/mol. The van der Waals surface area contributed by atoms with Crippen LogP contribution in [0.4, 0.5) is 5.69 Å². The van der Waals surface area contributed by atoms with Crippen molar-refractivity contribution in [2.24, 2.45) is 5.10 Å². The molecule has 170 valence electrons. The minimum Gasteiger partial charge on any atom is -0.494 e. The fourth-order valence-electron chi connectivity index (χ4n) is 2.82. The summed E-state index contributed by atoms with van der Waals surface area (Å²) in [6.45, 7) is 4.73. The summed E-state index contributed by atoms with van der Waals surface area (Å²) in [4.78, 5) is 12.5. The van der Waals surface area contributed by atoms with Gasteiger partial charge in [0.1, 0.15) is 5.75 Å². The number of hydrazone groups is 1. The van der Waals surface area contributed by atoms with Gasteiger partial charge in [0, 0.05) is 5.69 Å². The zero-order valence-electron chi connectivity index (χ0n) is 18.4. The number of hydrogen-bond donors (Lipinski definition) is 2. The maximum absolute atomic E-state index is 12.5. The van der Waals surface area contributed by atoms with E-state index in [1.165, 1.54) is 0 Å². The molecule has 0 saturated heterocycles. The molecular formula is C25H25N3O4S. The quantitative estimate of drug-likeness (QED) is 0.152. The number of carbonyl (C=O) groups is 1. The van der Waals surface area contributed by atoms with Gasteiger partial charge in [0.15, 0.2) is 16.6 Å². The first-order chi connectivity index (χ1) is 16.1. The molecule has 7 nitrogen and oxygen atoms in total. The Balaban J connectivity index is 1.63. The number of para-hydroxylation sites is 1. The molecule has 0 aliphatic rings. The normalized spacial score (nSPS) is 10.5. The van der Waals surface area contributed by atoms with Crippen molar-refractivity contribution < 1.29 is 19.0 Å². The molecule has 8 heteroatoms. The van der Waals surface area contributed by atoms with Gasteiger partial charge >= 0.3 is 5.97 Å². The molecule has 0 heterocycles. The molecule has 2 N–H and O–H groups in total. The zero-order chi connectivity index (χ0) is 23.5. The lowest BCUT2D eigenvalue weighted by atomic mass is 10.2. The van der Waals surface area contributed by atoms with E-state index in [9.17, 15) is 4.79 Å². The summed E-state index contributed by atoms with van der Waals surface area (Å²) in [5.41, 5.74) is 4.79. The topological polar surface area (TPSA) is 81.2 Å². The number of hydrogen-bond acceptors (Lipinski definition) is 6. The number of nitrogens with one attached hydrogen (secondary N) is 2. The van der Waals surface area contributed by atoms with E-state index in [1.807, 2.05) is 44.2 Å². The summed E-state index contributed by atoms with van der Waals surface area (Å²) in [6.07, 6.45) is 1.60. The molecule has 3 aromatic rings. The SMILES string of the molecule is CCOc1ccc(C(=O)Oc2ccc(/C=N/NC(=S)Nc3ccccc3)cc2OCC)cc1. The van der Waals surface area contributed by atoms with Crippen molar-refractivity contribution >= 4 is 35.2 Å². The zero-order valence-corrected chi connectivity index (χ0v) is 19.2. The predicted molar refractivity (Wildman–Crippen MR) is 134 cm³/mol. The first-order valence-electron chi connectivity index (χ1n) is 10.5. The molecule has 0 aliphatic carbocycles. The Morgan fingerprint density at radius 3 is 2.36 bits per heavy atom. The largest absolute Gasteiger partial charge is 0.494 e. The molecule has 0 aromatic heterocycles. The third-order valence-electron chi connectivity index (χ3n) is 4.28. The van der Waals surface area contributed by atoms with Crippen LogP contribution in [0.3, 0.4) is 0 Å². The van der Waals surface area contributed by atoms with Gasteiger partial charge in [-0.25, -0.2) is 4.79 Å². The first kappa shape index (κ1) is 23.7. The number of anilines is 1. The predicted octanol–water partition coefficient (Wildman–Crippen LogP) is 5.02. The van der Waals surface area contributed by atoms with E-state index >= 15 is 0 Å². The number of thiocarbonyl (C=S) groups is 1. The minimum atomic E-state index is -0.487. The second kappa shape index (κ2) is 12.2. The number of ether oxygens (including phenoxy) is 3. The van der Waals surface area contributed by atoms with Gasteiger partial charge < -0.3 is 19.5 Å². The third kappa shape index (κ3) is 7.33. The van der Waals surface area contributed by atoms with Crippen molar-refractivity contribution in [2.45, 2.75) is 13.8 Å². The monoisotopic (exact) mass is 463 g/mol. The van der Waals surface area contributed by atoms with Crippen LogP contribution in [0.2, 0.25) is 0 Å². The van der Waals surface area contributed by atoms with Crippen LogP contribution in [0.25, 0.3) is 0 Å². The first-order valence-corrected chi connectivity index (χ1v) is 10.9. The maximum Gasteiger partial charge on any atom is 0.343 e. The van der Waals surface area contributed by atoms with Gasteiger partial charge in [-0.05, 0) is 86.2 Å². The fourth-order valence-corrected chi connectivity index (χ4v) is 2.99.